The molecule has 0 spiro atoms. The molecule has 2 heterocycles. The average molecular weight is 532 g/mol. The summed E-state index contributed by atoms with van der Waals surface area (Å²) in [6, 6.07) is 11.6. The quantitative estimate of drug-likeness (QED) is 0.257. The third-order valence-electron chi connectivity index (χ3n) is 3.87. The molecule has 2 aromatic heterocycles. The van der Waals surface area contributed by atoms with Gasteiger partial charge in [-0.15, -0.1) is 35.3 Å². The standard InChI is InChI=1S/C19H22ClN5OS.HI/c1-3-21-19(22-11-13(2)16-8-5-9-27-16)23-12-17-24-18(25-26-17)14-6-4-7-15(20)10-14;/h4-10,13H,3,11-12H2,1-2H3,(H2,21,22,23);1H. The molecule has 28 heavy (non-hydrogen) atoms. The summed E-state index contributed by atoms with van der Waals surface area (Å²) in [5, 5.41) is 13.3. The van der Waals surface area contributed by atoms with Crippen LogP contribution in [0.5, 0.6) is 0 Å². The normalized spacial score (nSPS) is 12.3. The molecular formula is C19H23ClIN5OS. The summed E-state index contributed by atoms with van der Waals surface area (Å²) in [4.78, 5) is 10.3. The first-order valence-electron chi connectivity index (χ1n) is 8.79. The molecular weight excluding hydrogens is 509 g/mol. The van der Waals surface area contributed by atoms with Gasteiger partial charge >= 0.3 is 0 Å². The fraction of sp³-hybridized carbons (Fsp3) is 0.316. The summed E-state index contributed by atoms with van der Waals surface area (Å²) in [6.07, 6.45) is 0. The van der Waals surface area contributed by atoms with Crippen LogP contribution in [0, 0.1) is 0 Å². The molecule has 0 radical (unpaired) electrons. The van der Waals surface area contributed by atoms with E-state index in [0.29, 0.717) is 29.2 Å². The lowest BCUT2D eigenvalue weighted by atomic mass is 10.1. The number of hydrogen-bond donors (Lipinski definition) is 2. The van der Waals surface area contributed by atoms with Gasteiger partial charge in [-0.3, -0.25) is 0 Å². The number of aliphatic imine (C=N–C) groups is 1. The van der Waals surface area contributed by atoms with Crippen LogP contribution in [0.25, 0.3) is 11.4 Å². The van der Waals surface area contributed by atoms with Crippen LogP contribution in [0.2, 0.25) is 5.02 Å². The number of guanidine groups is 1. The Labute approximate surface area is 190 Å². The number of benzene rings is 1. The molecule has 0 aliphatic heterocycles. The highest BCUT2D eigenvalue weighted by molar-refractivity contribution is 14.0. The second-order valence-corrected chi connectivity index (χ2v) is 7.43. The fourth-order valence-electron chi connectivity index (χ4n) is 2.47. The zero-order chi connectivity index (χ0) is 19.1. The summed E-state index contributed by atoms with van der Waals surface area (Å²) >= 11 is 7.78. The van der Waals surface area contributed by atoms with Gasteiger partial charge in [-0.2, -0.15) is 4.98 Å². The van der Waals surface area contributed by atoms with Crippen molar-refractivity contribution in [2.24, 2.45) is 4.99 Å². The second-order valence-electron chi connectivity index (χ2n) is 6.01. The Morgan fingerprint density at radius 3 is 2.86 bits per heavy atom. The van der Waals surface area contributed by atoms with Crippen molar-refractivity contribution in [1.29, 1.82) is 0 Å². The first kappa shape index (κ1) is 22.6. The van der Waals surface area contributed by atoms with E-state index >= 15 is 0 Å². The Balaban J connectivity index is 0.00000280. The third-order valence-corrected chi connectivity index (χ3v) is 5.21. The maximum absolute atomic E-state index is 6.01. The average Bonchev–Trinajstić information content (AvgIpc) is 3.36. The largest absolute Gasteiger partial charge is 0.357 e. The smallest absolute Gasteiger partial charge is 0.248 e. The minimum atomic E-state index is 0. The zero-order valence-corrected chi connectivity index (χ0v) is 19.6. The van der Waals surface area contributed by atoms with Crippen LogP contribution in [0.4, 0.5) is 0 Å². The zero-order valence-electron chi connectivity index (χ0n) is 15.7. The van der Waals surface area contributed by atoms with Gasteiger partial charge in [0.2, 0.25) is 11.7 Å². The Morgan fingerprint density at radius 2 is 2.14 bits per heavy atom. The highest BCUT2D eigenvalue weighted by Crippen LogP contribution is 2.20. The molecule has 0 aliphatic carbocycles. The van der Waals surface area contributed by atoms with Gasteiger partial charge in [0.1, 0.15) is 6.54 Å². The van der Waals surface area contributed by atoms with E-state index in [-0.39, 0.29) is 24.0 Å². The summed E-state index contributed by atoms with van der Waals surface area (Å²) in [6.45, 7) is 6.10. The SMILES string of the molecule is CCNC(=NCc1nc(-c2cccc(Cl)c2)no1)NCC(C)c1cccs1.I. The molecule has 0 amide bonds. The summed E-state index contributed by atoms with van der Waals surface area (Å²) < 4.78 is 5.31. The summed E-state index contributed by atoms with van der Waals surface area (Å²) in [5.41, 5.74) is 0.816. The van der Waals surface area contributed by atoms with Crippen LogP contribution in [0.1, 0.15) is 30.5 Å². The van der Waals surface area contributed by atoms with E-state index in [1.807, 2.05) is 25.1 Å². The monoisotopic (exact) mass is 531 g/mol. The fourth-order valence-corrected chi connectivity index (χ4v) is 3.45. The number of rotatable bonds is 7. The van der Waals surface area contributed by atoms with E-state index in [1.165, 1.54) is 4.88 Å². The molecule has 0 bridgehead atoms. The van der Waals surface area contributed by atoms with E-state index in [9.17, 15) is 0 Å². The molecule has 3 aromatic rings. The van der Waals surface area contributed by atoms with Crippen LogP contribution in [0.3, 0.4) is 0 Å². The second kappa shape index (κ2) is 11.4. The predicted octanol–water partition coefficient (Wildman–Crippen LogP) is 4.93. The van der Waals surface area contributed by atoms with Crippen LogP contribution >= 0.6 is 46.9 Å². The number of nitrogens with zero attached hydrogens (tertiary/aromatic N) is 3. The topological polar surface area (TPSA) is 75.3 Å². The third kappa shape index (κ3) is 6.46. The van der Waals surface area contributed by atoms with E-state index in [2.05, 4.69) is 50.2 Å². The van der Waals surface area contributed by atoms with Crippen LogP contribution in [0.15, 0.2) is 51.3 Å². The van der Waals surface area contributed by atoms with Crippen LogP contribution in [-0.2, 0) is 6.54 Å². The molecule has 0 fully saturated rings. The summed E-state index contributed by atoms with van der Waals surface area (Å²) in [7, 11) is 0. The van der Waals surface area contributed by atoms with Crippen molar-refractivity contribution in [3.63, 3.8) is 0 Å². The van der Waals surface area contributed by atoms with E-state index in [4.69, 9.17) is 16.1 Å². The van der Waals surface area contributed by atoms with Crippen LogP contribution in [-0.4, -0.2) is 29.2 Å². The minimum absolute atomic E-state index is 0. The lowest BCUT2D eigenvalue weighted by molar-refractivity contribution is 0.380. The molecule has 9 heteroatoms. The predicted molar refractivity (Wildman–Crippen MR) is 126 cm³/mol. The van der Waals surface area contributed by atoms with Gasteiger partial charge in [0.15, 0.2) is 5.96 Å². The Bertz CT molecular complexity index is 884. The van der Waals surface area contributed by atoms with Gasteiger partial charge in [-0.25, -0.2) is 4.99 Å². The van der Waals surface area contributed by atoms with Gasteiger partial charge < -0.3 is 15.2 Å². The minimum Gasteiger partial charge on any atom is -0.357 e. The highest BCUT2D eigenvalue weighted by Gasteiger charge is 2.10. The molecule has 6 nitrogen and oxygen atoms in total. The van der Waals surface area contributed by atoms with E-state index in [1.54, 1.807) is 17.4 Å². The maximum Gasteiger partial charge on any atom is 0.248 e. The molecule has 3 rings (SSSR count). The lowest BCUT2D eigenvalue weighted by Gasteiger charge is -2.14. The first-order valence-corrected chi connectivity index (χ1v) is 10.1. The highest BCUT2D eigenvalue weighted by atomic mass is 127. The van der Waals surface area contributed by atoms with Gasteiger partial charge in [0.05, 0.1) is 0 Å². The van der Waals surface area contributed by atoms with E-state index in [0.717, 1.165) is 24.6 Å². The molecule has 0 saturated heterocycles. The Kier molecular flexibility index (Phi) is 9.20. The molecule has 150 valence electrons. The van der Waals surface area contributed by atoms with Crippen molar-refractivity contribution >= 4 is 52.9 Å². The molecule has 2 N–H and O–H groups in total. The molecule has 1 aromatic carbocycles. The lowest BCUT2D eigenvalue weighted by Crippen LogP contribution is -2.39. The number of nitrogens with one attached hydrogen (secondary N) is 2. The van der Waals surface area contributed by atoms with Crippen molar-refractivity contribution in [3.05, 3.63) is 57.6 Å². The number of aromatic nitrogens is 2. The maximum atomic E-state index is 6.01. The van der Waals surface area contributed by atoms with E-state index < -0.39 is 0 Å². The summed E-state index contributed by atoms with van der Waals surface area (Å²) in [5.74, 6) is 2.09. The van der Waals surface area contributed by atoms with Crippen molar-refractivity contribution < 1.29 is 4.52 Å². The van der Waals surface area contributed by atoms with Crippen molar-refractivity contribution in [3.8, 4) is 11.4 Å². The van der Waals surface area contributed by atoms with Gasteiger partial charge in [0, 0.05) is 34.5 Å². The van der Waals surface area contributed by atoms with Crippen LogP contribution < -0.4 is 10.6 Å². The van der Waals surface area contributed by atoms with Crippen molar-refractivity contribution in [2.45, 2.75) is 26.3 Å². The Hall–Kier alpha value is -1.65. The van der Waals surface area contributed by atoms with Gasteiger partial charge in [0.25, 0.3) is 0 Å². The van der Waals surface area contributed by atoms with Crippen molar-refractivity contribution in [2.75, 3.05) is 13.1 Å². The Morgan fingerprint density at radius 1 is 1.29 bits per heavy atom. The first-order chi connectivity index (χ1) is 13.2. The molecule has 0 saturated carbocycles. The van der Waals surface area contributed by atoms with Crippen molar-refractivity contribution in [1.82, 2.24) is 20.8 Å². The number of thiophene rings is 1. The molecule has 1 atom stereocenters. The number of hydrogen-bond acceptors (Lipinski definition) is 5. The van der Waals surface area contributed by atoms with Gasteiger partial charge in [-0.05, 0) is 30.5 Å². The number of halogens is 2. The molecule has 1 unspecified atom stereocenters. The van der Waals surface area contributed by atoms with Gasteiger partial charge in [-0.1, -0.05) is 41.9 Å². The molecule has 0 aliphatic rings.